The number of aromatic hydroxyl groups is 2. The molecule has 0 saturated carbocycles. The van der Waals surface area contributed by atoms with Gasteiger partial charge in [-0.1, -0.05) is 12.1 Å². The lowest BCUT2D eigenvalue weighted by molar-refractivity contribution is -0.141. The Morgan fingerprint density at radius 3 is 2.52 bits per heavy atom. The van der Waals surface area contributed by atoms with Gasteiger partial charge in [0.15, 0.2) is 11.5 Å². The molecule has 0 saturated heterocycles. The van der Waals surface area contributed by atoms with Crippen molar-refractivity contribution in [2.75, 3.05) is 0 Å². The van der Waals surface area contributed by atoms with Gasteiger partial charge in [0.1, 0.15) is 6.04 Å². The third-order valence-corrected chi connectivity index (χ3v) is 3.20. The van der Waals surface area contributed by atoms with Gasteiger partial charge in [0.05, 0.1) is 6.42 Å². The van der Waals surface area contributed by atoms with Crippen molar-refractivity contribution in [2.24, 2.45) is 0 Å². The average Bonchev–Trinajstić information content (AvgIpc) is 2.51. The molecule has 1 amide bonds. The number of hydrogen-bond donors (Lipinski definition) is 4. The minimum absolute atomic E-state index is 0.0120. The van der Waals surface area contributed by atoms with Crippen molar-refractivity contribution in [2.45, 2.75) is 18.9 Å². The Labute approximate surface area is 132 Å². The summed E-state index contributed by atoms with van der Waals surface area (Å²) < 4.78 is 0. The maximum absolute atomic E-state index is 11.9. The second kappa shape index (κ2) is 7.26. The molecule has 2 rings (SSSR count). The zero-order chi connectivity index (χ0) is 16.8. The van der Waals surface area contributed by atoms with E-state index in [-0.39, 0.29) is 24.3 Å². The largest absolute Gasteiger partial charge is 0.504 e. The number of phenols is 2. The summed E-state index contributed by atoms with van der Waals surface area (Å²) in [5, 5.41) is 30.4. The second-order valence-electron chi connectivity index (χ2n) is 5.02. The van der Waals surface area contributed by atoms with Gasteiger partial charge in [-0.15, -0.1) is 0 Å². The Kier molecular flexibility index (Phi) is 5.14. The molecule has 23 heavy (non-hydrogen) atoms. The summed E-state index contributed by atoms with van der Waals surface area (Å²) in [6.07, 6.45) is 3.13. The van der Waals surface area contributed by atoms with Gasteiger partial charge in [0, 0.05) is 18.8 Å². The van der Waals surface area contributed by atoms with Crippen molar-refractivity contribution < 1.29 is 24.9 Å². The van der Waals surface area contributed by atoms with Crippen LogP contribution in [-0.4, -0.2) is 38.2 Å². The van der Waals surface area contributed by atoms with Crippen LogP contribution in [0.15, 0.2) is 42.7 Å². The number of phenolic OH excluding ortho intramolecular Hbond substituents is 2. The predicted molar refractivity (Wildman–Crippen MR) is 81.0 cm³/mol. The monoisotopic (exact) mass is 316 g/mol. The van der Waals surface area contributed by atoms with Crippen LogP contribution >= 0.6 is 0 Å². The molecule has 7 heteroatoms. The van der Waals surface area contributed by atoms with E-state index in [1.165, 1.54) is 24.4 Å². The molecular weight excluding hydrogens is 300 g/mol. The van der Waals surface area contributed by atoms with Gasteiger partial charge in [0.2, 0.25) is 5.91 Å². The summed E-state index contributed by atoms with van der Waals surface area (Å²) in [4.78, 5) is 27.1. The fraction of sp³-hybridized carbons (Fsp3) is 0.188. The van der Waals surface area contributed by atoms with Crippen molar-refractivity contribution in [1.82, 2.24) is 10.3 Å². The van der Waals surface area contributed by atoms with Crippen molar-refractivity contribution in [1.29, 1.82) is 0 Å². The summed E-state index contributed by atoms with van der Waals surface area (Å²) >= 11 is 0. The van der Waals surface area contributed by atoms with E-state index in [2.05, 4.69) is 10.3 Å². The van der Waals surface area contributed by atoms with E-state index in [0.29, 0.717) is 11.1 Å². The minimum atomic E-state index is -1.18. The molecule has 7 nitrogen and oxygen atoms in total. The number of carbonyl (C=O) groups excluding carboxylic acids is 1. The number of rotatable bonds is 6. The lowest BCUT2D eigenvalue weighted by Crippen LogP contribution is -2.43. The SMILES string of the molecule is O=C(Cc1cccnc1)N[C@@H](Cc1ccc(O)c(O)c1)C(=O)O. The van der Waals surface area contributed by atoms with Gasteiger partial charge in [-0.2, -0.15) is 0 Å². The topological polar surface area (TPSA) is 120 Å². The number of hydrogen-bond acceptors (Lipinski definition) is 5. The molecule has 4 N–H and O–H groups in total. The molecule has 120 valence electrons. The van der Waals surface area contributed by atoms with E-state index in [9.17, 15) is 24.9 Å². The number of nitrogens with zero attached hydrogens (tertiary/aromatic N) is 1. The number of aliphatic carboxylic acids is 1. The number of amides is 1. The second-order valence-corrected chi connectivity index (χ2v) is 5.02. The van der Waals surface area contributed by atoms with E-state index in [0.717, 1.165) is 0 Å². The van der Waals surface area contributed by atoms with Crippen LogP contribution in [0, 0.1) is 0 Å². The lowest BCUT2D eigenvalue weighted by Gasteiger charge is -2.15. The van der Waals surface area contributed by atoms with Gasteiger partial charge >= 0.3 is 5.97 Å². The van der Waals surface area contributed by atoms with E-state index in [1.54, 1.807) is 18.3 Å². The molecule has 2 aromatic rings. The maximum Gasteiger partial charge on any atom is 0.326 e. The van der Waals surface area contributed by atoms with Crippen LogP contribution in [0.4, 0.5) is 0 Å². The molecular formula is C16H16N2O5. The zero-order valence-electron chi connectivity index (χ0n) is 12.1. The molecule has 0 radical (unpaired) electrons. The van der Waals surface area contributed by atoms with E-state index >= 15 is 0 Å². The van der Waals surface area contributed by atoms with Crippen LogP contribution in [0.5, 0.6) is 11.5 Å². The quantitative estimate of drug-likeness (QED) is 0.586. The smallest absolute Gasteiger partial charge is 0.326 e. The fourth-order valence-corrected chi connectivity index (χ4v) is 2.07. The Hall–Kier alpha value is -3.09. The highest BCUT2D eigenvalue weighted by molar-refractivity contribution is 5.85. The van der Waals surface area contributed by atoms with Gasteiger partial charge < -0.3 is 20.6 Å². The Bertz CT molecular complexity index is 703. The first kappa shape index (κ1) is 16.3. The summed E-state index contributed by atoms with van der Waals surface area (Å²) in [6, 6.07) is 6.29. The highest BCUT2D eigenvalue weighted by Crippen LogP contribution is 2.25. The van der Waals surface area contributed by atoms with Crippen LogP contribution in [0.1, 0.15) is 11.1 Å². The molecule has 1 aromatic heterocycles. The van der Waals surface area contributed by atoms with Crippen molar-refractivity contribution in [3.05, 3.63) is 53.9 Å². The van der Waals surface area contributed by atoms with Crippen molar-refractivity contribution >= 4 is 11.9 Å². The normalized spacial score (nSPS) is 11.7. The summed E-state index contributed by atoms with van der Waals surface area (Å²) in [7, 11) is 0. The van der Waals surface area contributed by atoms with Gasteiger partial charge in [-0.3, -0.25) is 9.78 Å². The highest BCUT2D eigenvalue weighted by Gasteiger charge is 2.21. The van der Waals surface area contributed by atoms with Gasteiger partial charge in [-0.25, -0.2) is 4.79 Å². The molecule has 1 atom stereocenters. The first-order valence-electron chi connectivity index (χ1n) is 6.87. The molecule has 1 aromatic carbocycles. The molecule has 0 spiro atoms. The number of pyridine rings is 1. The predicted octanol–water partition coefficient (Wildman–Crippen LogP) is 0.847. The molecule has 1 heterocycles. The van der Waals surface area contributed by atoms with E-state index < -0.39 is 17.9 Å². The van der Waals surface area contributed by atoms with E-state index in [4.69, 9.17) is 0 Å². The third-order valence-electron chi connectivity index (χ3n) is 3.20. The standard InChI is InChI=1S/C16H16N2O5/c19-13-4-3-10(7-14(13)20)6-12(16(22)23)18-15(21)8-11-2-1-5-17-9-11/h1-5,7,9,12,19-20H,6,8H2,(H,18,21)(H,22,23)/t12-/m0/s1. The maximum atomic E-state index is 11.9. The van der Waals surface area contributed by atoms with E-state index in [1.807, 2.05) is 0 Å². The first-order chi connectivity index (χ1) is 11.0. The molecule has 0 aliphatic carbocycles. The molecule has 0 aliphatic rings. The molecule has 0 bridgehead atoms. The third kappa shape index (κ3) is 4.70. The average molecular weight is 316 g/mol. The van der Waals surface area contributed by atoms with Crippen molar-refractivity contribution in [3.63, 3.8) is 0 Å². The Morgan fingerprint density at radius 2 is 1.91 bits per heavy atom. The summed E-state index contributed by atoms with van der Waals surface area (Å²) in [5.41, 5.74) is 1.16. The van der Waals surface area contributed by atoms with Crippen LogP contribution in [0.2, 0.25) is 0 Å². The van der Waals surface area contributed by atoms with Gasteiger partial charge in [0.25, 0.3) is 0 Å². The number of nitrogens with one attached hydrogen (secondary N) is 1. The van der Waals surface area contributed by atoms with Crippen LogP contribution in [-0.2, 0) is 22.4 Å². The molecule has 0 aliphatic heterocycles. The molecule has 0 unspecified atom stereocenters. The number of benzene rings is 1. The number of carboxylic acid groups (broad SMARTS) is 1. The summed E-state index contributed by atoms with van der Waals surface area (Å²) in [6.45, 7) is 0. The Morgan fingerprint density at radius 1 is 1.13 bits per heavy atom. The van der Waals surface area contributed by atoms with Crippen LogP contribution in [0.3, 0.4) is 0 Å². The van der Waals surface area contributed by atoms with Crippen LogP contribution in [0.25, 0.3) is 0 Å². The van der Waals surface area contributed by atoms with Gasteiger partial charge in [-0.05, 0) is 29.3 Å². The Balaban J connectivity index is 2.02. The summed E-state index contributed by atoms with van der Waals surface area (Å²) in [5.74, 6) is -2.25. The number of carbonyl (C=O) groups is 2. The fourth-order valence-electron chi connectivity index (χ4n) is 2.07. The first-order valence-corrected chi connectivity index (χ1v) is 6.87. The molecule has 0 fully saturated rings. The number of carboxylic acids is 1. The highest BCUT2D eigenvalue weighted by atomic mass is 16.4. The minimum Gasteiger partial charge on any atom is -0.504 e. The zero-order valence-corrected chi connectivity index (χ0v) is 12.1. The van der Waals surface area contributed by atoms with Crippen LogP contribution < -0.4 is 5.32 Å². The lowest BCUT2D eigenvalue weighted by atomic mass is 10.0. The van der Waals surface area contributed by atoms with Crippen molar-refractivity contribution in [3.8, 4) is 11.5 Å². The number of aromatic nitrogens is 1.